The lowest BCUT2D eigenvalue weighted by Gasteiger charge is -2.19. The molecule has 0 radical (unpaired) electrons. The summed E-state index contributed by atoms with van der Waals surface area (Å²) in [6, 6.07) is 0. The van der Waals surface area contributed by atoms with Gasteiger partial charge >= 0.3 is 6.09 Å². The van der Waals surface area contributed by atoms with Crippen LogP contribution in [0.4, 0.5) is 4.79 Å². The minimum atomic E-state index is -0.413. The van der Waals surface area contributed by atoms with E-state index in [-0.39, 0.29) is 5.91 Å². The molecule has 0 saturated carbocycles. The minimum Gasteiger partial charge on any atom is -0.453 e. The van der Waals surface area contributed by atoms with Gasteiger partial charge in [-0.05, 0) is 12.5 Å². The number of carbonyl (C=O) groups is 2. The average Bonchev–Trinajstić information content (AvgIpc) is 2.50. The molecule has 1 saturated heterocycles. The van der Waals surface area contributed by atoms with Crippen molar-refractivity contribution in [1.29, 1.82) is 0 Å². The lowest BCUT2D eigenvalue weighted by atomic mass is 10.1. The number of fused-ring (bicyclic) bond motifs is 1. The molecule has 1 atom stereocenters. The molecule has 2 aliphatic rings. The van der Waals surface area contributed by atoms with E-state index < -0.39 is 12.0 Å². The Kier molecular flexibility index (Phi) is 2.49. The number of carbonyl (C=O) groups excluding carboxylic acids is 2. The van der Waals surface area contributed by atoms with Gasteiger partial charge in [-0.2, -0.15) is 5.48 Å². The summed E-state index contributed by atoms with van der Waals surface area (Å²) in [6.45, 7) is 0.855. The zero-order chi connectivity index (χ0) is 10.8. The molecule has 82 valence electrons. The minimum absolute atomic E-state index is 0.211. The summed E-state index contributed by atoms with van der Waals surface area (Å²) in [5.41, 5.74) is 2.28. The number of rotatable bonds is 0. The first kappa shape index (κ1) is 9.82. The predicted molar refractivity (Wildman–Crippen MR) is 49.4 cm³/mol. The van der Waals surface area contributed by atoms with E-state index in [1.807, 2.05) is 6.08 Å². The molecule has 15 heavy (non-hydrogen) atoms. The van der Waals surface area contributed by atoms with E-state index >= 15 is 0 Å². The topological polar surface area (TPSA) is 67.9 Å². The standard InChI is InChI=1S/C9H12N2O4/c1-14-9(13)11-4-2-3-7-6(5-11)8(12)10-15-7/h3,6H,2,4-5H2,1H3,(H,10,12). The summed E-state index contributed by atoms with van der Waals surface area (Å²) in [7, 11) is 1.33. The van der Waals surface area contributed by atoms with Crippen molar-refractivity contribution < 1.29 is 19.2 Å². The molecule has 1 unspecified atom stereocenters. The van der Waals surface area contributed by atoms with Crippen molar-refractivity contribution in [3.63, 3.8) is 0 Å². The number of nitrogens with zero attached hydrogens (tertiary/aromatic N) is 1. The maximum Gasteiger partial charge on any atom is 0.409 e. The molecular weight excluding hydrogens is 200 g/mol. The Labute approximate surface area is 86.8 Å². The van der Waals surface area contributed by atoms with E-state index in [1.165, 1.54) is 12.0 Å². The number of ether oxygens (including phenoxy) is 1. The van der Waals surface area contributed by atoms with Gasteiger partial charge in [0.1, 0.15) is 11.7 Å². The fraction of sp³-hybridized carbons (Fsp3) is 0.556. The van der Waals surface area contributed by atoms with Gasteiger partial charge in [0.05, 0.1) is 7.11 Å². The van der Waals surface area contributed by atoms with Crippen LogP contribution in [-0.4, -0.2) is 37.1 Å². The molecule has 0 aromatic heterocycles. The van der Waals surface area contributed by atoms with Gasteiger partial charge in [-0.25, -0.2) is 4.79 Å². The van der Waals surface area contributed by atoms with Gasteiger partial charge in [-0.3, -0.25) is 4.79 Å². The van der Waals surface area contributed by atoms with Gasteiger partial charge in [0.2, 0.25) is 0 Å². The summed E-state index contributed by atoms with van der Waals surface area (Å²) in [6.07, 6.45) is 2.07. The van der Waals surface area contributed by atoms with E-state index in [9.17, 15) is 9.59 Å². The monoisotopic (exact) mass is 212 g/mol. The Balaban J connectivity index is 2.12. The summed E-state index contributed by atoms with van der Waals surface area (Å²) >= 11 is 0. The zero-order valence-corrected chi connectivity index (χ0v) is 8.36. The van der Waals surface area contributed by atoms with Crippen LogP contribution >= 0.6 is 0 Å². The Hall–Kier alpha value is -1.72. The van der Waals surface area contributed by atoms with Gasteiger partial charge in [-0.15, -0.1) is 0 Å². The van der Waals surface area contributed by atoms with E-state index in [4.69, 9.17) is 4.84 Å². The summed E-state index contributed by atoms with van der Waals surface area (Å²) < 4.78 is 4.62. The second-order valence-corrected chi connectivity index (χ2v) is 3.43. The molecule has 0 aliphatic carbocycles. The van der Waals surface area contributed by atoms with Crippen LogP contribution in [-0.2, 0) is 14.4 Å². The molecule has 2 rings (SSSR count). The molecular formula is C9H12N2O4. The van der Waals surface area contributed by atoms with Crippen molar-refractivity contribution in [3.8, 4) is 0 Å². The first-order valence-corrected chi connectivity index (χ1v) is 4.72. The third-order valence-electron chi connectivity index (χ3n) is 2.51. The first-order chi connectivity index (χ1) is 7.22. The quantitative estimate of drug-likeness (QED) is 0.614. The van der Waals surface area contributed by atoms with Gasteiger partial charge < -0.3 is 14.5 Å². The SMILES string of the molecule is COC(=O)N1CCC=C2ONC(=O)C2C1. The average molecular weight is 212 g/mol. The predicted octanol–water partition coefficient (Wildman–Crippen LogP) is 0.0200. The Bertz CT molecular complexity index is 326. The van der Waals surface area contributed by atoms with Crippen molar-refractivity contribution in [2.24, 2.45) is 5.92 Å². The van der Waals surface area contributed by atoms with E-state index in [0.29, 0.717) is 25.3 Å². The Morgan fingerprint density at radius 2 is 2.53 bits per heavy atom. The highest BCUT2D eigenvalue weighted by Gasteiger charge is 2.36. The van der Waals surface area contributed by atoms with Crippen LogP contribution in [0.3, 0.4) is 0 Å². The Morgan fingerprint density at radius 3 is 3.27 bits per heavy atom. The molecule has 6 heteroatoms. The fourth-order valence-corrected chi connectivity index (χ4v) is 1.71. The van der Waals surface area contributed by atoms with Crippen LogP contribution in [0.25, 0.3) is 0 Å². The van der Waals surface area contributed by atoms with Crippen LogP contribution < -0.4 is 5.48 Å². The van der Waals surface area contributed by atoms with Crippen LogP contribution in [0.15, 0.2) is 11.8 Å². The largest absolute Gasteiger partial charge is 0.453 e. The van der Waals surface area contributed by atoms with E-state index in [2.05, 4.69) is 10.2 Å². The van der Waals surface area contributed by atoms with E-state index in [1.54, 1.807) is 0 Å². The van der Waals surface area contributed by atoms with Crippen molar-refractivity contribution in [2.75, 3.05) is 20.2 Å². The third kappa shape index (κ3) is 1.74. The van der Waals surface area contributed by atoms with E-state index in [0.717, 1.165) is 0 Å². The van der Waals surface area contributed by atoms with Crippen molar-refractivity contribution >= 4 is 12.0 Å². The normalized spacial score (nSPS) is 24.6. The first-order valence-electron chi connectivity index (χ1n) is 4.72. The van der Waals surface area contributed by atoms with Crippen LogP contribution in [0, 0.1) is 5.92 Å². The number of methoxy groups -OCH3 is 1. The van der Waals surface area contributed by atoms with Crippen LogP contribution in [0.2, 0.25) is 0 Å². The maximum atomic E-state index is 11.4. The van der Waals surface area contributed by atoms with Crippen molar-refractivity contribution in [3.05, 3.63) is 11.8 Å². The lowest BCUT2D eigenvalue weighted by Crippen LogP contribution is -2.37. The Morgan fingerprint density at radius 1 is 1.73 bits per heavy atom. The van der Waals surface area contributed by atoms with Gasteiger partial charge in [-0.1, -0.05) is 0 Å². The highest BCUT2D eigenvalue weighted by Crippen LogP contribution is 2.23. The number of hydroxylamine groups is 1. The molecule has 0 spiro atoms. The second-order valence-electron chi connectivity index (χ2n) is 3.43. The van der Waals surface area contributed by atoms with Crippen LogP contribution in [0.1, 0.15) is 6.42 Å². The third-order valence-corrected chi connectivity index (χ3v) is 2.51. The van der Waals surface area contributed by atoms with Crippen molar-refractivity contribution in [1.82, 2.24) is 10.4 Å². The highest BCUT2D eigenvalue weighted by molar-refractivity contribution is 5.83. The molecule has 1 N–H and O–H groups in total. The molecule has 6 nitrogen and oxygen atoms in total. The second kappa shape index (κ2) is 3.80. The molecule has 2 heterocycles. The van der Waals surface area contributed by atoms with Gasteiger partial charge in [0, 0.05) is 13.1 Å². The summed E-state index contributed by atoms with van der Waals surface area (Å²) in [5, 5.41) is 0. The summed E-state index contributed by atoms with van der Waals surface area (Å²) in [5.74, 6) is -0.00458. The molecule has 1 fully saturated rings. The van der Waals surface area contributed by atoms with Crippen LogP contribution in [0.5, 0.6) is 0 Å². The highest BCUT2D eigenvalue weighted by atomic mass is 16.7. The number of hydrogen-bond donors (Lipinski definition) is 1. The molecule has 2 amide bonds. The smallest absolute Gasteiger partial charge is 0.409 e. The number of hydrogen-bond acceptors (Lipinski definition) is 4. The summed E-state index contributed by atoms with van der Waals surface area (Å²) in [4.78, 5) is 29.2. The molecule has 2 aliphatic heterocycles. The van der Waals surface area contributed by atoms with Crippen molar-refractivity contribution in [2.45, 2.75) is 6.42 Å². The molecule has 0 bridgehead atoms. The lowest BCUT2D eigenvalue weighted by molar-refractivity contribution is -0.126. The van der Waals surface area contributed by atoms with Gasteiger partial charge in [0.15, 0.2) is 0 Å². The molecule has 0 aromatic carbocycles. The van der Waals surface area contributed by atoms with Gasteiger partial charge in [0.25, 0.3) is 5.91 Å². The zero-order valence-electron chi connectivity index (χ0n) is 8.36. The number of amides is 2. The maximum absolute atomic E-state index is 11.4. The molecule has 0 aromatic rings. The fourth-order valence-electron chi connectivity index (χ4n) is 1.71. The number of nitrogens with one attached hydrogen (secondary N) is 1.